The Kier molecular flexibility index (Phi) is 7.06. The lowest BCUT2D eigenvalue weighted by atomic mass is 10.2. The molecule has 32 heavy (non-hydrogen) atoms. The number of thiophene rings is 1. The van der Waals surface area contributed by atoms with Gasteiger partial charge in [-0.15, -0.1) is 11.3 Å². The van der Waals surface area contributed by atoms with Gasteiger partial charge in [-0.3, -0.25) is 9.48 Å². The molecule has 0 bridgehead atoms. The molecule has 4 rings (SSSR count). The fraction of sp³-hybridized carbons (Fsp3) is 0.130. The van der Waals surface area contributed by atoms with Crippen LogP contribution in [0.2, 0.25) is 15.1 Å². The predicted octanol–water partition coefficient (Wildman–Crippen LogP) is 7.09. The van der Waals surface area contributed by atoms with Crippen LogP contribution in [0.25, 0.3) is 0 Å². The molecule has 164 valence electrons. The van der Waals surface area contributed by atoms with Crippen LogP contribution in [0.1, 0.15) is 26.5 Å². The monoisotopic (exact) mass is 505 g/mol. The Morgan fingerprint density at radius 3 is 2.62 bits per heavy atom. The number of para-hydroxylation sites is 1. The Labute approximate surface area is 204 Å². The Morgan fingerprint density at radius 2 is 1.84 bits per heavy atom. The first-order valence-electron chi connectivity index (χ1n) is 9.63. The van der Waals surface area contributed by atoms with Crippen LogP contribution in [-0.4, -0.2) is 15.7 Å². The Morgan fingerprint density at radius 1 is 1.03 bits per heavy atom. The van der Waals surface area contributed by atoms with Crippen molar-refractivity contribution in [1.29, 1.82) is 0 Å². The second-order valence-electron chi connectivity index (χ2n) is 7.07. The molecule has 4 aromatic rings. The van der Waals surface area contributed by atoms with Gasteiger partial charge in [0.05, 0.1) is 26.5 Å². The number of carbonyl (C=O) groups excluding carboxylic acids is 1. The number of halogens is 3. The van der Waals surface area contributed by atoms with Crippen LogP contribution in [0.15, 0.2) is 60.0 Å². The number of amides is 1. The molecule has 1 amide bonds. The van der Waals surface area contributed by atoms with E-state index in [9.17, 15) is 4.79 Å². The number of aryl methyl sites for hydroxylation is 1. The van der Waals surface area contributed by atoms with Gasteiger partial charge in [0.15, 0.2) is 5.82 Å². The van der Waals surface area contributed by atoms with Gasteiger partial charge in [-0.1, -0.05) is 53.0 Å². The van der Waals surface area contributed by atoms with Crippen LogP contribution in [0.5, 0.6) is 5.75 Å². The summed E-state index contributed by atoms with van der Waals surface area (Å²) >= 11 is 19.5. The molecule has 0 saturated carbocycles. The van der Waals surface area contributed by atoms with Crippen LogP contribution in [0.3, 0.4) is 0 Å². The van der Waals surface area contributed by atoms with Gasteiger partial charge in [-0.05, 0) is 48.2 Å². The summed E-state index contributed by atoms with van der Waals surface area (Å²) in [4.78, 5) is 13.2. The van der Waals surface area contributed by atoms with Gasteiger partial charge in [-0.2, -0.15) is 5.10 Å². The Bertz CT molecular complexity index is 1270. The number of nitrogens with one attached hydrogen (secondary N) is 1. The molecule has 5 nitrogen and oxygen atoms in total. The number of aromatic nitrogens is 2. The summed E-state index contributed by atoms with van der Waals surface area (Å²) in [6.07, 6.45) is 0. The van der Waals surface area contributed by atoms with E-state index >= 15 is 0 Å². The fourth-order valence-electron chi connectivity index (χ4n) is 3.01. The van der Waals surface area contributed by atoms with Crippen molar-refractivity contribution < 1.29 is 9.53 Å². The molecule has 0 radical (unpaired) electrons. The summed E-state index contributed by atoms with van der Waals surface area (Å²) in [5.41, 5.74) is 2.76. The highest BCUT2D eigenvalue weighted by atomic mass is 35.5. The first-order valence-corrected chi connectivity index (χ1v) is 11.6. The molecule has 1 N–H and O–H groups in total. The molecule has 0 aliphatic carbocycles. The largest absolute Gasteiger partial charge is 0.487 e. The molecule has 2 aromatic heterocycles. The summed E-state index contributed by atoms with van der Waals surface area (Å²) in [6, 6.07) is 16.4. The summed E-state index contributed by atoms with van der Waals surface area (Å²) in [5.74, 6) is 0.863. The minimum absolute atomic E-state index is 0.224. The maximum atomic E-state index is 12.7. The highest BCUT2D eigenvalue weighted by Gasteiger charge is 2.13. The number of ether oxygens (including phenoxy) is 1. The molecule has 2 heterocycles. The van der Waals surface area contributed by atoms with E-state index < -0.39 is 0 Å². The summed E-state index contributed by atoms with van der Waals surface area (Å²) in [5, 5.41) is 10.8. The number of carbonyl (C=O) groups is 1. The first kappa shape index (κ1) is 22.7. The zero-order valence-corrected chi connectivity index (χ0v) is 20.0. The van der Waals surface area contributed by atoms with Gasteiger partial charge < -0.3 is 10.1 Å². The van der Waals surface area contributed by atoms with Gasteiger partial charge >= 0.3 is 0 Å². The van der Waals surface area contributed by atoms with E-state index in [0.717, 1.165) is 16.8 Å². The number of anilines is 1. The number of nitrogens with zero attached hydrogens (tertiary/aromatic N) is 2. The average Bonchev–Trinajstić information content (AvgIpc) is 3.37. The second-order valence-corrected chi connectivity index (χ2v) is 9.20. The van der Waals surface area contributed by atoms with Crippen LogP contribution in [0.4, 0.5) is 5.82 Å². The van der Waals surface area contributed by atoms with Crippen LogP contribution < -0.4 is 10.1 Å². The highest BCUT2D eigenvalue weighted by molar-refractivity contribution is 7.12. The summed E-state index contributed by atoms with van der Waals surface area (Å²) in [7, 11) is 0. The van der Waals surface area contributed by atoms with Gasteiger partial charge in [-0.25, -0.2) is 0 Å². The number of hydrogen-bond donors (Lipinski definition) is 1. The molecule has 0 unspecified atom stereocenters. The quantitative estimate of drug-likeness (QED) is 0.291. The van der Waals surface area contributed by atoms with E-state index in [4.69, 9.17) is 39.5 Å². The maximum absolute atomic E-state index is 12.7. The number of rotatable bonds is 7. The zero-order chi connectivity index (χ0) is 22.7. The third kappa shape index (κ3) is 5.45. The number of hydrogen-bond acceptors (Lipinski definition) is 4. The predicted molar refractivity (Wildman–Crippen MR) is 131 cm³/mol. The standard InChI is InChI=1S/C23H18Cl3N3O2S/c1-14-8-22(28-29(14)11-15-6-7-17(24)19(26)9-15)27-23(30)21-10-16(13-32-21)12-31-20-5-3-2-4-18(20)25/h2-10,13H,11-12H2,1H3,(H,27,28,30). The van der Waals surface area contributed by atoms with Gasteiger partial charge in [0.2, 0.25) is 0 Å². The molecule has 9 heteroatoms. The van der Waals surface area contributed by atoms with Crippen molar-refractivity contribution in [1.82, 2.24) is 9.78 Å². The van der Waals surface area contributed by atoms with Crippen LogP contribution in [0, 0.1) is 6.92 Å². The Balaban J connectivity index is 1.38. The third-order valence-corrected chi connectivity index (χ3v) is 6.68. The van der Waals surface area contributed by atoms with Crippen LogP contribution >= 0.6 is 46.1 Å². The molecule has 0 aliphatic rings. The van der Waals surface area contributed by atoms with Crippen LogP contribution in [-0.2, 0) is 13.2 Å². The van der Waals surface area contributed by atoms with Gasteiger partial charge in [0.1, 0.15) is 12.4 Å². The van der Waals surface area contributed by atoms with Gasteiger partial charge in [0, 0.05) is 17.3 Å². The topological polar surface area (TPSA) is 56.1 Å². The molecule has 2 aromatic carbocycles. The van der Waals surface area contributed by atoms with Crippen molar-refractivity contribution >= 4 is 57.9 Å². The molecular formula is C23H18Cl3N3O2S. The smallest absolute Gasteiger partial charge is 0.266 e. The molecule has 0 aliphatic heterocycles. The molecule has 0 spiro atoms. The number of benzene rings is 2. The van der Waals surface area contributed by atoms with Crippen molar-refractivity contribution in [2.45, 2.75) is 20.1 Å². The molecule has 0 fully saturated rings. The van der Waals surface area contributed by atoms with E-state index in [2.05, 4.69) is 10.4 Å². The van der Waals surface area contributed by atoms with E-state index in [1.54, 1.807) is 35.0 Å². The van der Waals surface area contributed by atoms with Crippen molar-refractivity contribution in [3.63, 3.8) is 0 Å². The van der Waals surface area contributed by atoms with Crippen molar-refractivity contribution in [3.8, 4) is 5.75 Å². The summed E-state index contributed by atoms with van der Waals surface area (Å²) in [6.45, 7) is 2.77. The lowest BCUT2D eigenvalue weighted by Crippen LogP contribution is -2.11. The van der Waals surface area contributed by atoms with Crippen molar-refractivity contribution in [2.24, 2.45) is 0 Å². The van der Waals surface area contributed by atoms with E-state index in [0.29, 0.717) is 44.7 Å². The minimum atomic E-state index is -0.224. The van der Waals surface area contributed by atoms with Crippen molar-refractivity contribution in [3.05, 3.63) is 96.7 Å². The Hall–Kier alpha value is -2.51. The first-order chi connectivity index (χ1) is 15.4. The highest BCUT2D eigenvalue weighted by Crippen LogP contribution is 2.26. The second kappa shape index (κ2) is 9.96. The molecule has 0 atom stereocenters. The molecule has 0 saturated heterocycles. The van der Waals surface area contributed by atoms with E-state index in [1.165, 1.54) is 11.3 Å². The summed E-state index contributed by atoms with van der Waals surface area (Å²) < 4.78 is 7.53. The lowest BCUT2D eigenvalue weighted by molar-refractivity contribution is 0.103. The molecular weight excluding hydrogens is 489 g/mol. The van der Waals surface area contributed by atoms with E-state index in [-0.39, 0.29) is 5.91 Å². The maximum Gasteiger partial charge on any atom is 0.266 e. The van der Waals surface area contributed by atoms with E-state index in [1.807, 2.05) is 36.6 Å². The fourth-order valence-corrected chi connectivity index (χ4v) is 4.32. The minimum Gasteiger partial charge on any atom is -0.487 e. The van der Waals surface area contributed by atoms with Gasteiger partial charge in [0.25, 0.3) is 5.91 Å². The van der Waals surface area contributed by atoms with Crippen molar-refractivity contribution in [2.75, 3.05) is 5.32 Å². The zero-order valence-electron chi connectivity index (χ0n) is 16.9. The third-order valence-electron chi connectivity index (χ3n) is 4.65. The lowest BCUT2D eigenvalue weighted by Gasteiger charge is -2.06. The average molecular weight is 507 g/mol. The normalized spacial score (nSPS) is 10.9. The SMILES string of the molecule is Cc1cc(NC(=O)c2cc(COc3ccccc3Cl)cs2)nn1Cc1ccc(Cl)c(Cl)c1.